The molecule has 2 N–H and O–H groups in total. The number of nitrogen functional groups attached to an aromatic ring is 1. The van der Waals surface area contributed by atoms with E-state index < -0.39 is 0 Å². The molecule has 1 aromatic carbocycles. The maximum Gasteiger partial charge on any atom is 0.359 e. The summed E-state index contributed by atoms with van der Waals surface area (Å²) in [5.74, 6) is -0.378. The molecule has 1 aliphatic rings. The number of benzene rings is 1. The van der Waals surface area contributed by atoms with Gasteiger partial charge in [-0.3, -0.25) is 0 Å². The summed E-state index contributed by atoms with van der Waals surface area (Å²) in [5, 5.41) is 1.72. The second-order valence-corrected chi connectivity index (χ2v) is 5.02. The second-order valence-electron chi connectivity index (χ2n) is 4.10. The molecule has 0 unspecified atom stereocenters. The average Bonchev–Trinajstić information content (AvgIpc) is 2.30. The molecule has 0 aromatic heterocycles. The van der Waals surface area contributed by atoms with Gasteiger partial charge in [-0.15, -0.1) is 5.06 Å². The van der Waals surface area contributed by atoms with Gasteiger partial charge in [0.2, 0.25) is 0 Å². The molecule has 0 aliphatic carbocycles. The maximum absolute atomic E-state index is 11.9. The van der Waals surface area contributed by atoms with Crippen LogP contribution in [0.5, 0.6) is 0 Å². The predicted molar refractivity (Wildman–Crippen MR) is 69.4 cm³/mol. The molecule has 17 heavy (non-hydrogen) atoms. The number of anilines is 1. The van der Waals surface area contributed by atoms with E-state index in [2.05, 4.69) is 15.9 Å². The van der Waals surface area contributed by atoms with E-state index >= 15 is 0 Å². The van der Waals surface area contributed by atoms with E-state index in [1.165, 1.54) is 6.42 Å². The Bertz CT molecular complexity index is 417. The largest absolute Gasteiger partial charge is 0.398 e. The van der Waals surface area contributed by atoms with Crippen molar-refractivity contribution in [3.05, 3.63) is 28.2 Å². The Kier molecular flexibility index (Phi) is 4.02. The number of piperidine rings is 1. The highest BCUT2D eigenvalue weighted by Crippen LogP contribution is 2.20. The van der Waals surface area contributed by atoms with Crippen molar-refractivity contribution in [2.24, 2.45) is 0 Å². The molecule has 1 aromatic rings. The summed E-state index contributed by atoms with van der Waals surface area (Å²) in [5.41, 5.74) is 6.63. The molecule has 2 rings (SSSR count). The van der Waals surface area contributed by atoms with E-state index in [0.29, 0.717) is 11.3 Å². The lowest BCUT2D eigenvalue weighted by atomic mass is 10.2. The van der Waals surface area contributed by atoms with Gasteiger partial charge in [-0.25, -0.2) is 4.79 Å². The van der Waals surface area contributed by atoms with E-state index in [4.69, 9.17) is 10.6 Å². The highest BCUT2D eigenvalue weighted by Gasteiger charge is 2.18. The van der Waals surface area contributed by atoms with E-state index in [1.54, 1.807) is 23.3 Å². The van der Waals surface area contributed by atoms with Gasteiger partial charge in [-0.2, -0.15) is 0 Å². The highest BCUT2D eigenvalue weighted by atomic mass is 79.9. The zero-order chi connectivity index (χ0) is 12.3. The third kappa shape index (κ3) is 3.20. The Morgan fingerprint density at radius 3 is 2.65 bits per heavy atom. The summed E-state index contributed by atoms with van der Waals surface area (Å²) in [6, 6.07) is 5.15. The van der Waals surface area contributed by atoms with Gasteiger partial charge >= 0.3 is 5.97 Å². The van der Waals surface area contributed by atoms with Crippen molar-refractivity contribution in [2.45, 2.75) is 19.3 Å². The number of nitrogens with zero attached hydrogens (tertiary/aromatic N) is 1. The molecule has 1 saturated heterocycles. The first-order valence-electron chi connectivity index (χ1n) is 5.69. The van der Waals surface area contributed by atoms with Crippen molar-refractivity contribution in [1.82, 2.24) is 5.06 Å². The molecule has 4 nitrogen and oxygen atoms in total. The molecule has 1 aliphatic heterocycles. The second kappa shape index (κ2) is 5.51. The minimum atomic E-state index is -0.378. The predicted octanol–water partition coefficient (Wildman–Crippen LogP) is 2.59. The SMILES string of the molecule is Nc1cc(Br)ccc1C(=O)ON1CCCCC1. The summed E-state index contributed by atoms with van der Waals surface area (Å²) < 4.78 is 0.851. The Balaban J connectivity index is 2.03. The van der Waals surface area contributed by atoms with Crippen LogP contribution in [0.3, 0.4) is 0 Å². The number of nitrogens with two attached hydrogens (primary N) is 1. The molecule has 92 valence electrons. The van der Waals surface area contributed by atoms with Gasteiger partial charge in [0.25, 0.3) is 0 Å². The van der Waals surface area contributed by atoms with Gasteiger partial charge in [0.1, 0.15) is 0 Å². The standard InChI is InChI=1S/C12H15BrN2O2/c13-9-4-5-10(11(14)8-9)12(16)17-15-6-2-1-3-7-15/h4-5,8H,1-3,6-7,14H2. The lowest BCUT2D eigenvalue weighted by molar-refractivity contribution is -0.119. The van der Waals surface area contributed by atoms with Crippen LogP contribution in [0, 0.1) is 0 Å². The fourth-order valence-electron chi connectivity index (χ4n) is 1.84. The zero-order valence-electron chi connectivity index (χ0n) is 9.49. The summed E-state index contributed by atoms with van der Waals surface area (Å²) in [7, 11) is 0. The van der Waals surface area contributed by atoms with E-state index in [0.717, 1.165) is 30.4 Å². The van der Waals surface area contributed by atoms with Crippen LogP contribution in [-0.4, -0.2) is 24.1 Å². The van der Waals surface area contributed by atoms with Gasteiger partial charge in [-0.1, -0.05) is 22.4 Å². The molecule has 1 fully saturated rings. The van der Waals surface area contributed by atoms with Crippen molar-refractivity contribution in [3.8, 4) is 0 Å². The Hall–Kier alpha value is -1.07. The van der Waals surface area contributed by atoms with E-state index in [-0.39, 0.29) is 5.97 Å². The molecule has 0 radical (unpaired) electrons. The van der Waals surface area contributed by atoms with E-state index in [9.17, 15) is 4.79 Å². The zero-order valence-corrected chi connectivity index (χ0v) is 11.1. The number of carbonyl (C=O) groups is 1. The Morgan fingerprint density at radius 2 is 2.00 bits per heavy atom. The lowest BCUT2D eigenvalue weighted by Crippen LogP contribution is -2.32. The Labute approximate surface area is 109 Å². The summed E-state index contributed by atoms with van der Waals surface area (Å²) in [4.78, 5) is 17.2. The average molecular weight is 299 g/mol. The number of carbonyl (C=O) groups excluding carboxylic acids is 1. The Morgan fingerprint density at radius 1 is 1.29 bits per heavy atom. The van der Waals surface area contributed by atoms with E-state index in [1.807, 2.05) is 0 Å². The molecule has 0 saturated carbocycles. The summed E-state index contributed by atoms with van der Waals surface area (Å²) in [6.45, 7) is 1.62. The molecule has 0 bridgehead atoms. The molecular formula is C12H15BrN2O2. The van der Waals surface area contributed by atoms with Gasteiger partial charge in [-0.05, 0) is 31.0 Å². The van der Waals surface area contributed by atoms with Crippen molar-refractivity contribution >= 4 is 27.6 Å². The minimum Gasteiger partial charge on any atom is -0.398 e. The number of hydrogen-bond donors (Lipinski definition) is 1. The summed E-state index contributed by atoms with van der Waals surface area (Å²) in [6.07, 6.45) is 3.35. The first kappa shape index (κ1) is 12.4. The van der Waals surface area contributed by atoms with Crippen LogP contribution in [0.4, 0.5) is 5.69 Å². The molecule has 5 heteroatoms. The number of rotatable bonds is 2. The monoisotopic (exact) mass is 298 g/mol. The van der Waals surface area contributed by atoms with Gasteiger partial charge in [0.05, 0.1) is 5.56 Å². The third-order valence-corrected chi connectivity index (χ3v) is 3.25. The smallest absolute Gasteiger partial charge is 0.359 e. The van der Waals surface area contributed by atoms with Crippen LogP contribution < -0.4 is 5.73 Å². The third-order valence-electron chi connectivity index (χ3n) is 2.76. The van der Waals surface area contributed by atoms with Crippen LogP contribution in [-0.2, 0) is 4.84 Å². The van der Waals surface area contributed by atoms with Gasteiger partial charge in [0, 0.05) is 23.2 Å². The van der Waals surface area contributed by atoms with Crippen LogP contribution in [0.15, 0.2) is 22.7 Å². The maximum atomic E-state index is 11.9. The summed E-state index contributed by atoms with van der Waals surface area (Å²) >= 11 is 3.30. The molecule has 0 spiro atoms. The van der Waals surface area contributed by atoms with Crippen LogP contribution in [0.25, 0.3) is 0 Å². The molecular weight excluding hydrogens is 284 g/mol. The minimum absolute atomic E-state index is 0.378. The topological polar surface area (TPSA) is 55.6 Å². The van der Waals surface area contributed by atoms with Crippen molar-refractivity contribution in [3.63, 3.8) is 0 Å². The fourth-order valence-corrected chi connectivity index (χ4v) is 2.22. The van der Waals surface area contributed by atoms with Gasteiger partial charge in [0.15, 0.2) is 0 Å². The fraction of sp³-hybridized carbons (Fsp3) is 0.417. The van der Waals surface area contributed by atoms with Gasteiger partial charge < -0.3 is 10.6 Å². The number of hydrogen-bond acceptors (Lipinski definition) is 4. The first-order chi connectivity index (χ1) is 8.16. The quantitative estimate of drug-likeness (QED) is 0.853. The van der Waals surface area contributed by atoms with Crippen LogP contribution >= 0.6 is 15.9 Å². The normalized spacial score (nSPS) is 16.8. The molecule has 0 amide bonds. The van der Waals surface area contributed by atoms with Crippen LogP contribution in [0.1, 0.15) is 29.6 Å². The number of halogens is 1. The van der Waals surface area contributed by atoms with Crippen LogP contribution in [0.2, 0.25) is 0 Å². The highest BCUT2D eigenvalue weighted by molar-refractivity contribution is 9.10. The van der Waals surface area contributed by atoms with Crippen molar-refractivity contribution in [1.29, 1.82) is 0 Å². The number of hydroxylamine groups is 2. The molecule has 0 atom stereocenters. The van der Waals surface area contributed by atoms with Crippen molar-refractivity contribution < 1.29 is 9.63 Å². The molecule has 1 heterocycles. The van der Waals surface area contributed by atoms with Crippen molar-refractivity contribution in [2.75, 3.05) is 18.8 Å². The first-order valence-corrected chi connectivity index (χ1v) is 6.48. The lowest BCUT2D eigenvalue weighted by Gasteiger charge is -2.24.